The Morgan fingerprint density at radius 2 is 1.28 bits per heavy atom. The van der Waals surface area contributed by atoms with Crippen molar-refractivity contribution in [3.05, 3.63) is 124 Å². The number of anilines is 2. The second-order valence-corrected chi connectivity index (χ2v) is 10.5. The van der Waals surface area contributed by atoms with Crippen molar-refractivity contribution in [1.29, 1.82) is 0 Å². The van der Waals surface area contributed by atoms with E-state index in [0.29, 0.717) is 16.5 Å². The largest absolute Gasteiger partial charge is 0.495 e. The number of nitrogens with one attached hydrogen (secondary N) is 1. The number of carbonyl (C=O) groups excluding carboxylic acids is 3. The van der Waals surface area contributed by atoms with E-state index in [2.05, 4.69) is 29.6 Å². The monoisotopic (exact) mass is 534 g/mol. The Morgan fingerprint density at radius 1 is 0.769 bits per heavy atom. The highest BCUT2D eigenvalue weighted by Crippen LogP contribution is 2.61. The van der Waals surface area contributed by atoms with Gasteiger partial charge in [0.25, 0.3) is 5.91 Å². The van der Waals surface area contributed by atoms with Crippen LogP contribution in [0.2, 0.25) is 5.02 Å². The molecule has 0 unspecified atom stereocenters. The third-order valence-electron chi connectivity index (χ3n) is 8.25. The third kappa shape index (κ3) is 3.38. The van der Waals surface area contributed by atoms with Gasteiger partial charge in [0.05, 0.1) is 35.9 Å². The number of methoxy groups -OCH3 is 1. The summed E-state index contributed by atoms with van der Waals surface area (Å²) in [7, 11) is 1.50. The molecule has 0 aromatic heterocycles. The summed E-state index contributed by atoms with van der Waals surface area (Å²) in [5, 5.41) is 3.27. The number of nitrogens with zero attached hydrogens (tertiary/aromatic N) is 1. The number of halogens is 1. The Labute approximate surface area is 230 Å². The average molecular weight is 535 g/mol. The molecule has 4 aliphatic rings. The lowest BCUT2D eigenvalue weighted by Crippen LogP contribution is -2.41. The molecule has 1 heterocycles. The maximum Gasteiger partial charge on any atom is 0.257 e. The lowest BCUT2D eigenvalue weighted by Gasteiger charge is -2.45. The highest BCUT2D eigenvalue weighted by atomic mass is 35.5. The van der Waals surface area contributed by atoms with Crippen LogP contribution in [0.5, 0.6) is 5.75 Å². The number of hydrogen-bond acceptors (Lipinski definition) is 4. The number of amides is 3. The van der Waals surface area contributed by atoms with Crippen LogP contribution < -0.4 is 15.0 Å². The summed E-state index contributed by atoms with van der Waals surface area (Å²) in [5.74, 6) is -2.08. The van der Waals surface area contributed by atoms with Crippen LogP contribution in [0, 0.1) is 11.8 Å². The molecular formula is C32H23ClN2O4. The van der Waals surface area contributed by atoms with Crippen molar-refractivity contribution in [1.82, 2.24) is 0 Å². The smallest absolute Gasteiger partial charge is 0.257 e. The van der Waals surface area contributed by atoms with Crippen LogP contribution >= 0.6 is 11.6 Å². The molecule has 4 aromatic rings. The van der Waals surface area contributed by atoms with Gasteiger partial charge < -0.3 is 10.1 Å². The van der Waals surface area contributed by atoms with Crippen LogP contribution in [-0.2, 0) is 9.59 Å². The van der Waals surface area contributed by atoms with Gasteiger partial charge >= 0.3 is 0 Å². The molecule has 7 heteroatoms. The molecule has 8 rings (SSSR count). The number of para-hydroxylation sites is 1. The number of imide groups is 1. The van der Waals surface area contributed by atoms with Gasteiger partial charge in [-0.05, 0) is 52.6 Å². The minimum absolute atomic E-state index is 0.210. The molecule has 0 spiro atoms. The molecule has 1 aliphatic heterocycles. The van der Waals surface area contributed by atoms with Crippen LogP contribution in [0.3, 0.4) is 0 Å². The highest BCUT2D eigenvalue weighted by molar-refractivity contribution is 6.31. The molecule has 2 bridgehead atoms. The standard InChI is InChI=1S/C32H23ClN2O4/c1-39-25-15-14-17(33)16-23(25)34-30(36)22-12-6-7-13-24(22)35-31(37)28-26-18-8-2-3-9-19(18)27(29(28)32(35)38)21-11-5-4-10-20(21)26/h2-16,26-29H,1H3,(H,34,36)/t26?,27?,28-,29-/m0/s1. The number of ether oxygens (including phenoxy) is 1. The summed E-state index contributed by atoms with van der Waals surface area (Å²) in [4.78, 5) is 43.1. The van der Waals surface area contributed by atoms with Crippen molar-refractivity contribution in [2.75, 3.05) is 17.3 Å². The molecule has 3 aliphatic carbocycles. The van der Waals surface area contributed by atoms with Crippen LogP contribution in [0.15, 0.2) is 91.0 Å². The molecule has 1 fully saturated rings. The van der Waals surface area contributed by atoms with Gasteiger partial charge in [-0.1, -0.05) is 72.3 Å². The molecule has 4 aromatic carbocycles. The van der Waals surface area contributed by atoms with E-state index in [4.69, 9.17) is 16.3 Å². The van der Waals surface area contributed by atoms with Gasteiger partial charge in [-0.2, -0.15) is 0 Å². The fourth-order valence-electron chi connectivity index (χ4n) is 6.74. The maximum atomic E-state index is 14.2. The average Bonchev–Trinajstić information content (AvgIpc) is 3.23. The first-order chi connectivity index (χ1) is 19.0. The Kier molecular flexibility index (Phi) is 5.35. The topological polar surface area (TPSA) is 75.7 Å². The quantitative estimate of drug-likeness (QED) is 0.326. The van der Waals surface area contributed by atoms with Gasteiger partial charge in [0.2, 0.25) is 11.8 Å². The lowest BCUT2D eigenvalue weighted by molar-refractivity contribution is -0.122. The zero-order valence-corrected chi connectivity index (χ0v) is 21.7. The normalized spacial score (nSPS) is 22.3. The molecule has 2 atom stereocenters. The first-order valence-corrected chi connectivity index (χ1v) is 13.2. The van der Waals surface area contributed by atoms with Crippen LogP contribution in [0.1, 0.15) is 44.4 Å². The van der Waals surface area contributed by atoms with Crippen molar-refractivity contribution >= 4 is 40.7 Å². The van der Waals surface area contributed by atoms with Gasteiger partial charge in [0.15, 0.2) is 0 Å². The Bertz CT molecular complexity index is 1580. The zero-order chi connectivity index (χ0) is 26.8. The second kappa shape index (κ2) is 8.82. The van der Waals surface area contributed by atoms with E-state index < -0.39 is 17.7 Å². The molecule has 1 N–H and O–H groups in total. The molecule has 3 amide bonds. The summed E-state index contributed by atoms with van der Waals surface area (Å²) in [5.41, 5.74) is 5.28. The van der Waals surface area contributed by atoms with E-state index in [0.717, 1.165) is 22.3 Å². The SMILES string of the molecule is COc1ccc(Cl)cc1NC(=O)c1ccccc1N1C(=O)[C@H]2C3c4ccccc4C(c4ccccc43)[C@@H]2C1=O. The second-order valence-electron chi connectivity index (χ2n) is 10.1. The van der Waals surface area contributed by atoms with E-state index in [-0.39, 0.29) is 34.9 Å². The Hall–Kier alpha value is -4.42. The van der Waals surface area contributed by atoms with Crippen LogP contribution in [-0.4, -0.2) is 24.8 Å². The van der Waals surface area contributed by atoms with E-state index in [1.165, 1.54) is 12.0 Å². The summed E-state index contributed by atoms with van der Waals surface area (Å²) in [6.07, 6.45) is 0. The van der Waals surface area contributed by atoms with Gasteiger partial charge in [-0.3, -0.25) is 14.4 Å². The van der Waals surface area contributed by atoms with Crippen molar-refractivity contribution in [2.45, 2.75) is 11.8 Å². The molecule has 6 nitrogen and oxygen atoms in total. The number of benzene rings is 4. The first kappa shape index (κ1) is 23.7. The summed E-state index contributed by atoms with van der Waals surface area (Å²) >= 11 is 6.15. The van der Waals surface area contributed by atoms with Crippen molar-refractivity contribution in [3.8, 4) is 5.75 Å². The van der Waals surface area contributed by atoms with E-state index in [9.17, 15) is 14.4 Å². The summed E-state index contributed by atoms with van der Waals surface area (Å²) in [6.45, 7) is 0. The van der Waals surface area contributed by atoms with Gasteiger partial charge in [0, 0.05) is 16.9 Å². The molecule has 0 saturated carbocycles. The summed E-state index contributed by atoms with van der Waals surface area (Å²) in [6, 6.07) is 27.8. The van der Waals surface area contributed by atoms with Gasteiger partial charge in [-0.25, -0.2) is 4.90 Å². The Morgan fingerprint density at radius 3 is 1.82 bits per heavy atom. The fraction of sp³-hybridized carbons (Fsp3) is 0.156. The van der Waals surface area contributed by atoms with Crippen LogP contribution in [0.4, 0.5) is 11.4 Å². The van der Waals surface area contributed by atoms with Gasteiger partial charge in [-0.15, -0.1) is 0 Å². The molecule has 192 valence electrons. The molecule has 1 saturated heterocycles. The number of hydrogen-bond donors (Lipinski definition) is 1. The van der Waals surface area contributed by atoms with E-state index in [1.807, 2.05) is 24.3 Å². The minimum Gasteiger partial charge on any atom is -0.495 e. The van der Waals surface area contributed by atoms with Crippen molar-refractivity contribution < 1.29 is 19.1 Å². The molecular weight excluding hydrogens is 512 g/mol. The predicted octanol–water partition coefficient (Wildman–Crippen LogP) is 6.00. The maximum absolute atomic E-state index is 14.2. The van der Waals surface area contributed by atoms with E-state index >= 15 is 0 Å². The molecule has 39 heavy (non-hydrogen) atoms. The van der Waals surface area contributed by atoms with E-state index in [1.54, 1.807) is 42.5 Å². The highest BCUT2D eigenvalue weighted by Gasteiger charge is 2.62. The first-order valence-electron chi connectivity index (χ1n) is 12.8. The fourth-order valence-corrected chi connectivity index (χ4v) is 6.92. The lowest BCUT2D eigenvalue weighted by atomic mass is 9.55. The zero-order valence-electron chi connectivity index (χ0n) is 20.9. The predicted molar refractivity (Wildman–Crippen MR) is 148 cm³/mol. The van der Waals surface area contributed by atoms with Crippen LogP contribution in [0.25, 0.3) is 0 Å². The number of carbonyl (C=O) groups is 3. The van der Waals surface area contributed by atoms with Crippen molar-refractivity contribution in [3.63, 3.8) is 0 Å². The molecule has 0 radical (unpaired) electrons. The summed E-state index contributed by atoms with van der Waals surface area (Å²) < 4.78 is 5.37. The number of rotatable bonds is 4. The third-order valence-corrected chi connectivity index (χ3v) is 8.48. The Balaban J connectivity index is 1.31. The van der Waals surface area contributed by atoms with Crippen molar-refractivity contribution in [2.24, 2.45) is 11.8 Å². The minimum atomic E-state index is -0.531. The van der Waals surface area contributed by atoms with Gasteiger partial charge in [0.1, 0.15) is 5.75 Å².